The Kier molecular flexibility index (Phi) is 6.10. The van der Waals surface area contributed by atoms with Gasteiger partial charge in [0.2, 0.25) is 17.6 Å². The SMILES string of the molecule is C[C@H](C(=O)N(C)Cc1cccc(F)c1)N(C)Cc1nc(-c2cccnc2)no1. The molecule has 0 radical (unpaired) electrons. The summed E-state index contributed by atoms with van der Waals surface area (Å²) in [4.78, 5) is 24.5. The molecule has 1 atom stereocenters. The van der Waals surface area contributed by atoms with Crippen molar-refractivity contribution in [3.05, 3.63) is 66.1 Å². The molecule has 0 aliphatic carbocycles. The number of amides is 1. The topological polar surface area (TPSA) is 75.4 Å². The number of hydrogen-bond acceptors (Lipinski definition) is 6. The first-order chi connectivity index (χ1) is 13.4. The third-order valence-corrected chi connectivity index (χ3v) is 4.48. The number of pyridine rings is 1. The highest BCUT2D eigenvalue weighted by atomic mass is 19.1. The van der Waals surface area contributed by atoms with Crippen LogP contribution in [-0.2, 0) is 17.9 Å². The minimum Gasteiger partial charge on any atom is -0.340 e. The zero-order valence-electron chi connectivity index (χ0n) is 16.0. The third kappa shape index (κ3) is 4.77. The van der Waals surface area contributed by atoms with Crippen LogP contribution in [0.4, 0.5) is 4.39 Å². The van der Waals surface area contributed by atoms with Crippen molar-refractivity contribution in [1.82, 2.24) is 24.9 Å². The van der Waals surface area contributed by atoms with Crippen LogP contribution < -0.4 is 0 Å². The van der Waals surface area contributed by atoms with Crippen molar-refractivity contribution in [1.29, 1.82) is 0 Å². The Morgan fingerprint density at radius 1 is 1.21 bits per heavy atom. The first kappa shape index (κ1) is 19.6. The number of carbonyl (C=O) groups is 1. The van der Waals surface area contributed by atoms with Gasteiger partial charge >= 0.3 is 0 Å². The Balaban J connectivity index is 1.60. The maximum Gasteiger partial charge on any atom is 0.241 e. The van der Waals surface area contributed by atoms with Crippen LogP contribution in [0.15, 0.2) is 53.3 Å². The molecule has 1 amide bonds. The molecule has 0 aliphatic heterocycles. The Morgan fingerprint density at radius 2 is 2.04 bits per heavy atom. The standard InChI is InChI=1S/C20H22FN5O2/c1-14(20(27)26(3)12-15-6-4-8-17(21)10-15)25(2)13-18-23-19(24-28-18)16-7-5-9-22-11-16/h4-11,14H,12-13H2,1-3H3/t14-/m1/s1. The van der Waals surface area contributed by atoms with Gasteiger partial charge in [0.15, 0.2) is 0 Å². The second-order valence-corrected chi connectivity index (χ2v) is 6.67. The summed E-state index contributed by atoms with van der Waals surface area (Å²) in [7, 11) is 3.51. The van der Waals surface area contributed by atoms with Gasteiger partial charge in [-0.2, -0.15) is 4.98 Å². The number of carbonyl (C=O) groups excluding carboxylic acids is 1. The number of likely N-dealkylation sites (N-methyl/N-ethyl adjacent to an activating group) is 2. The molecule has 146 valence electrons. The molecule has 0 fully saturated rings. The van der Waals surface area contributed by atoms with Gasteiger partial charge in [0.25, 0.3) is 0 Å². The van der Waals surface area contributed by atoms with Crippen LogP contribution in [0.2, 0.25) is 0 Å². The van der Waals surface area contributed by atoms with E-state index in [-0.39, 0.29) is 11.7 Å². The van der Waals surface area contributed by atoms with Gasteiger partial charge in [-0.05, 0) is 43.8 Å². The minimum absolute atomic E-state index is 0.0845. The van der Waals surface area contributed by atoms with Gasteiger partial charge in [-0.25, -0.2) is 4.39 Å². The average Bonchev–Trinajstić information content (AvgIpc) is 3.16. The molecule has 28 heavy (non-hydrogen) atoms. The first-order valence-corrected chi connectivity index (χ1v) is 8.86. The van der Waals surface area contributed by atoms with Gasteiger partial charge in [-0.3, -0.25) is 14.7 Å². The molecule has 0 spiro atoms. The highest BCUT2D eigenvalue weighted by molar-refractivity contribution is 5.81. The van der Waals surface area contributed by atoms with Gasteiger partial charge in [0, 0.05) is 31.5 Å². The highest BCUT2D eigenvalue weighted by Gasteiger charge is 2.23. The fourth-order valence-corrected chi connectivity index (χ4v) is 2.78. The van der Waals surface area contributed by atoms with Crippen LogP contribution in [0.25, 0.3) is 11.4 Å². The van der Waals surface area contributed by atoms with E-state index < -0.39 is 6.04 Å². The quantitative estimate of drug-likeness (QED) is 0.625. The summed E-state index contributed by atoms with van der Waals surface area (Å²) in [6.45, 7) is 2.47. The van der Waals surface area contributed by atoms with E-state index in [1.807, 2.05) is 24.9 Å². The van der Waals surface area contributed by atoms with Crippen molar-refractivity contribution in [2.45, 2.75) is 26.1 Å². The lowest BCUT2D eigenvalue weighted by atomic mass is 10.2. The van der Waals surface area contributed by atoms with Crippen molar-refractivity contribution in [2.24, 2.45) is 0 Å². The molecule has 0 N–H and O–H groups in total. The maximum absolute atomic E-state index is 13.3. The fraction of sp³-hybridized carbons (Fsp3) is 0.300. The number of hydrogen-bond donors (Lipinski definition) is 0. The Labute approximate surface area is 162 Å². The van der Waals surface area contributed by atoms with Crippen molar-refractivity contribution in [2.75, 3.05) is 14.1 Å². The van der Waals surface area contributed by atoms with E-state index in [9.17, 15) is 9.18 Å². The molecule has 2 heterocycles. The van der Waals surface area contributed by atoms with Crippen molar-refractivity contribution >= 4 is 5.91 Å². The zero-order chi connectivity index (χ0) is 20.1. The summed E-state index contributed by atoms with van der Waals surface area (Å²) in [5.41, 5.74) is 1.50. The van der Waals surface area contributed by atoms with E-state index in [1.54, 1.807) is 42.5 Å². The first-order valence-electron chi connectivity index (χ1n) is 8.86. The molecule has 0 saturated carbocycles. The minimum atomic E-state index is -0.410. The average molecular weight is 383 g/mol. The highest BCUT2D eigenvalue weighted by Crippen LogP contribution is 2.15. The van der Waals surface area contributed by atoms with Crippen LogP contribution in [0.3, 0.4) is 0 Å². The van der Waals surface area contributed by atoms with Crippen molar-refractivity contribution < 1.29 is 13.7 Å². The number of benzene rings is 1. The lowest BCUT2D eigenvalue weighted by molar-refractivity contribution is -0.135. The second kappa shape index (κ2) is 8.71. The fourth-order valence-electron chi connectivity index (χ4n) is 2.78. The van der Waals surface area contributed by atoms with E-state index in [0.717, 1.165) is 11.1 Å². The van der Waals surface area contributed by atoms with E-state index in [4.69, 9.17) is 4.52 Å². The van der Waals surface area contributed by atoms with Gasteiger partial charge in [0.05, 0.1) is 12.6 Å². The summed E-state index contributed by atoms with van der Waals surface area (Å²) in [5, 5.41) is 3.96. The second-order valence-electron chi connectivity index (χ2n) is 6.67. The van der Waals surface area contributed by atoms with Gasteiger partial charge in [0.1, 0.15) is 5.82 Å². The molecule has 7 nitrogen and oxygen atoms in total. The largest absolute Gasteiger partial charge is 0.340 e. The molecular formula is C20H22FN5O2. The normalized spacial score (nSPS) is 12.2. The van der Waals surface area contributed by atoms with Crippen molar-refractivity contribution in [3.63, 3.8) is 0 Å². The molecule has 0 aliphatic rings. The van der Waals surface area contributed by atoms with Crippen LogP contribution in [-0.4, -0.2) is 51.0 Å². The summed E-state index contributed by atoms with van der Waals surface area (Å²) in [5.74, 6) is 0.468. The van der Waals surface area contributed by atoms with Crippen molar-refractivity contribution in [3.8, 4) is 11.4 Å². The number of nitrogens with zero attached hydrogens (tertiary/aromatic N) is 5. The van der Waals surface area contributed by atoms with Crippen LogP contribution >= 0.6 is 0 Å². The van der Waals surface area contributed by atoms with Gasteiger partial charge in [-0.1, -0.05) is 17.3 Å². The maximum atomic E-state index is 13.3. The molecule has 0 saturated heterocycles. The molecule has 1 aromatic carbocycles. The summed E-state index contributed by atoms with van der Waals surface area (Å²) >= 11 is 0. The Hall–Kier alpha value is -3.13. The van der Waals surface area contributed by atoms with E-state index in [2.05, 4.69) is 15.1 Å². The van der Waals surface area contributed by atoms with Crippen LogP contribution in [0.1, 0.15) is 18.4 Å². The van der Waals surface area contributed by atoms with E-state index in [0.29, 0.717) is 24.8 Å². The lowest BCUT2D eigenvalue weighted by Crippen LogP contribution is -2.43. The molecule has 3 aromatic rings. The van der Waals surface area contributed by atoms with Crippen LogP contribution in [0, 0.1) is 5.82 Å². The Bertz CT molecular complexity index is 931. The van der Waals surface area contributed by atoms with E-state index in [1.165, 1.54) is 12.1 Å². The molecule has 0 unspecified atom stereocenters. The monoisotopic (exact) mass is 383 g/mol. The number of aromatic nitrogens is 3. The number of halogens is 1. The molecule has 0 bridgehead atoms. The molecule has 2 aromatic heterocycles. The lowest BCUT2D eigenvalue weighted by Gasteiger charge is -2.27. The predicted octanol–water partition coefficient (Wildman–Crippen LogP) is 2.75. The molecule has 3 rings (SSSR count). The predicted molar refractivity (Wildman–Crippen MR) is 101 cm³/mol. The molecule has 8 heteroatoms. The van der Waals surface area contributed by atoms with Gasteiger partial charge in [-0.15, -0.1) is 0 Å². The Morgan fingerprint density at radius 3 is 2.75 bits per heavy atom. The zero-order valence-corrected chi connectivity index (χ0v) is 16.0. The third-order valence-electron chi connectivity index (χ3n) is 4.48. The number of rotatable bonds is 7. The summed E-state index contributed by atoms with van der Waals surface area (Å²) < 4.78 is 18.6. The smallest absolute Gasteiger partial charge is 0.241 e. The molecular weight excluding hydrogens is 361 g/mol. The summed E-state index contributed by atoms with van der Waals surface area (Å²) in [6, 6.07) is 9.47. The van der Waals surface area contributed by atoms with Crippen LogP contribution in [0.5, 0.6) is 0 Å². The summed E-state index contributed by atoms with van der Waals surface area (Å²) in [6.07, 6.45) is 3.33. The van der Waals surface area contributed by atoms with E-state index >= 15 is 0 Å². The van der Waals surface area contributed by atoms with Gasteiger partial charge < -0.3 is 9.42 Å².